The van der Waals surface area contributed by atoms with Crippen molar-refractivity contribution >= 4 is 6.08 Å². The van der Waals surface area contributed by atoms with Crippen molar-refractivity contribution < 1.29 is 26.2 Å². The Kier molecular flexibility index (Phi) is 2.03. The van der Waals surface area contributed by atoms with Crippen LogP contribution in [-0.2, 0) is 26.7 Å². The molecule has 0 amide bonds. The van der Waals surface area contributed by atoms with Crippen molar-refractivity contribution in [3.63, 3.8) is 0 Å². The normalized spacial score (nSPS) is 25.5. The fourth-order valence-electron chi connectivity index (χ4n) is 1.54. The van der Waals surface area contributed by atoms with E-state index in [2.05, 4.69) is 6.07 Å². The van der Waals surface area contributed by atoms with E-state index >= 15 is 0 Å². The van der Waals surface area contributed by atoms with Gasteiger partial charge in [-0.05, 0) is 0 Å². The van der Waals surface area contributed by atoms with E-state index in [9.17, 15) is 2.66 Å². The van der Waals surface area contributed by atoms with Crippen LogP contribution in [0.1, 0.15) is 18.1 Å². The van der Waals surface area contributed by atoms with Crippen LogP contribution in [0.15, 0.2) is 30.3 Å². The Morgan fingerprint density at radius 2 is 2.08 bits per heavy atom. The molecular formula is C10H9FHf. The Balaban J connectivity index is 2.56. The number of hydrogen-bond acceptors (Lipinski definition) is 0. The summed E-state index contributed by atoms with van der Waals surface area (Å²) in [6.07, 6.45) is 4.07. The summed E-state index contributed by atoms with van der Waals surface area (Å²) in [5, 5.41) is 0. The van der Waals surface area contributed by atoms with Gasteiger partial charge >= 0.3 is 83.8 Å². The Labute approximate surface area is 83.7 Å². The average molecular weight is 327 g/mol. The molecule has 2 rings (SSSR count). The summed E-state index contributed by atoms with van der Waals surface area (Å²) in [7, 11) is 0. The predicted octanol–water partition coefficient (Wildman–Crippen LogP) is 2.90. The van der Waals surface area contributed by atoms with Gasteiger partial charge in [-0.2, -0.15) is 0 Å². The van der Waals surface area contributed by atoms with Crippen molar-refractivity contribution in [2.75, 3.05) is 0 Å². The zero-order valence-electron chi connectivity index (χ0n) is 6.84. The molecule has 0 N–H and O–H groups in total. The molecule has 0 heterocycles. The van der Waals surface area contributed by atoms with Crippen LogP contribution in [0.3, 0.4) is 0 Å². The standard InChI is InChI=1S/C10H9.FH.Hf/c1-8-6-7-9-4-2-3-5-10(8)9;;/h2-7H,1H3;1H;/q;;+1/p-1. The summed E-state index contributed by atoms with van der Waals surface area (Å²) in [5.41, 5.74) is 2.39. The average Bonchev–Trinajstić information content (AvgIpc) is 2.46. The van der Waals surface area contributed by atoms with Gasteiger partial charge in [0.15, 0.2) is 0 Å². The molecule has 1 aromatic rings. The SMILES string of the molecule is C[C]1([Hf][F])C=Cc2ccccc21. The molecule has 0 radical (unpaired) electrons. The molecule has 0 saturated heterocycles. The molecule has 0 fully saturated rings. The summed E-state index contributed by atoms with van der Waals surface area (Å²) in [4.78, 5) is 0. The van der Waals surface area contributed by atoms with E-state index in [1.165, 1.54) is 11.1 Å². The molecule has 0 aliphatic heterocycles. The molecular weight excluding hydrogens is 318 g/mol. The second-order valence-corrected chi connectivity index (χ2v) is 7.63. The summed E-state index contributed by atoms with van der Waals surface area (Å²) in [5.74, 6) is 0. The minimum atomic E-state index is -1.97. The first kappa shape index (κ1) is 8.36. The van der Waals surface area contributed by atoms with Crippen molar-refractivity contribution in [3.05, 3.63) is 41.5 Å². The van der Waals surface area contributed by atoms with Gasteiger partial charge in [0.25, 0.3) is 0 Å². The van der Waals surface area contributed by atoms with Crippen molar-refractivity contribution in [1.82, 2.24) is 0 Å². The first-order valence-corrected chi connectivity index (χ1v) is 7.08. The van der Waals surface area contributed by atoms with Gasteiger partial charge in [-0.3, -0.25) is 0 Å². The van der Waals surface area contributed by atoms with Crippen molar-refractivity contribution in [2.24, 2.45) is 0 Å². The van der Waals surface area contributed by atoms with Gasteiger partial charge in [0, 0.05) is 0 Å². The summed E-state index contributed by atoms with van der Waals surface area (Å²) >= 11 is -1.97. The number of allylic oxidation sites excluding steroid dienone is 1. The van der Waals surface area contributed by atoms with Crippen molar-refractivity contribution in [2.45, 2.75) is 10.1 Å². The number of halogens is 1. The molecule has 1 atom stereocenters. The van der Waals surface area contributed by atoms with Gasteiger partial charge in [0.2, 0.25) is 0 Å². The van der Waals surface area contributed by atoms with Crippen LogP contribution >= 0.6 is 0 Å². The van der Waals surface area contributed by atoms with Crippen LogP contribution in [0.5, 0.6) is 0 Å². The molecule has 1 aromatic carbocycles. The molecule has 2 heteroatoms. The Hall–Kier alpha value is -0.240. The maximum absolute atomic E-state index is 12.9. The van der Waals surface area contributed by atoms with Crippen LogP contribution in [-0.4, -0.2) is 0 Å². The van der Waals surface area contributed by atoms with Gasteiger partial charge in [0.05, 0.1) is 0 Å². The third kappa shape index (κ3) is 1.13. The van der Waals surface area contributed by atoms with E-state index in [0.29, 0.717) is 0 Å². The number of rotatable bonds is 1. The topological polar surface area (TPSA) is 0 Å². The first-order valence-electron chi connectivity index (χ1n) is 3.93. The third-order valence-electron chi connectivity index (χ3n) is 2.31. The second-order valence-electron chi connectivity index (χ2n) is 3.22. The van der Waals surface area contributed by atoms with Crippen LogP contribution in [0.25, 0.3) is 6.08 Å². The fraction of sp³-hybridized carbons (Fsp3) is 0.200. The molecule has 1 aliphatic rings. The monoisotopic (exact) mass is 328 g/mol. The van der Waals surface area contributed by atoms with Crippen LogP contribution in [0.4, 0.5) is 2.66 Å². The number of hydrogen-bond donors (Lipinski definition) is 0. The van der Waals surface area contributed by atoms with E-state index in [1.54, 1.807) is 0 Å². The molecule has 60 valence electrons. The van der Waals surface area contributed by atoms with Crippen molar-refractivity contribution in [1.29, 1.82) is 0 Å². The quantitative estimate of drug-likeness (QED) is 0.696. The molecule has 0 saturated carbocycles. The Morgan fingerprint density at radius 1 is 1.33 bits per heavy atom. The molecule has 0 spiro atoms. The van der Waals surface area contributed by atoms with Gasteiger partial charge < -0.3 is 0 Å². The molecule has 0 aromatic heterocycles. The second kappa shape index (κ2) is 2.91. The van der Waals surface area contributed by atoms with E-state index in [1.807, 2.05) is 37.3 Å². The Morgan fingerprint density at radius 3 is 2.83 bits per heavy atom. The van der Waals surface area contributed by atoms with E-state index in [0.717, 1.165) is 0 Å². The first-order chi connectivity index (χ1) is 5.76. The maximum atomic E-state index is 12.9. The molecule has 1 aliphatic carbocycles. The van der Waals surface area contributed by atoms with Gasteiger partial charge in [-0.1, -0.05) is 0 Å². The van der Waals surface area contributed by atoms with Crippen LogP contribution in [0.2, 0.25) is 0 Å². The summed E-state index contributed by atoms with van der Waals surface area (Å²) in [6.45, 7) is 2.01. The zero-order valence-corrected chi connectivity index (χ0v) is 10.4. The summed E-state index contributed by atoms with van der Waals surface area (Å²) in [6, 6.07) is 8.09. The number of benzene rings is 1. The summed E-state index contributed by atoms with van der Waals surface area (Å²) < 4.78 is 12.7. The van der Waals surface area contributed by atoms with E-state index in [4.69, 9.17) is 0 Å². The molecule has 0 nitrogen and oxygen atoms in total. The van der Waals surface area contributed by atoms with Gasteiger partial charge in [-0.15, -0.1) is 0 Å². The Bertz CT molecular complexity index is 332. The van der Waals surface area contributed by atoms with E-state index < -0.39 is 23.5 Å². The number of fused-ring (bicyclic) bond motifs is 1. The minimum absolute atomic E-state index is 0.184. The van der Waals surface area contributed by atoms with Gasteiger partial charge in [-0.25, -0.2) is 0 Å². The van der Waals surface area contributed by atoms with Gasteiger partial charge in [0.1, 0.15) is 0 Å². The third-order valence-corrected chi connectivity index (χ3v) is 5.29. The van der Waals surface area contributed by atoms with Crippen LogP contribution < -0.4 is 0 Å². The fourth-order valence-corrected chi connectivity index (χ4v) is 3.25. The van der Waals surface area contributed by atoms with Crippen LogP contribution in [0, 0.1) is 0 Å². The molecule has 12 heavy (non-hydrogen) atoms. The van der Waals surface area contributed by atoms with E-state index in [-0.39, 0.29) is 3.17 Å². The molecule has 0 bridgehead atoms. The zero-order chi connectivity index (χ0) is 8.60. The predicted molar refractivity (Wildman–Crippen MR) is 43.9 cm³/mol. The van der Waals surface area contributed by atoms with Crippen molar-refractivity contribution in [3.8, 4) is 0 Å². The molecule has 1 unspecified atom stereocenters.